The number of nitrogens with zero attached hydrogens (tertiary/aromatic N) is 1. The molecule has 1 saturated carbocycles. The molecule has 1 aliphatic heterocycles. The van der Waals surface area contributed by atoms with Gasteiger partial charge in [-0.25, -0.2) is 0 Å². The molecular formula is C22H26N2O4. The molecule has 1 fully saturated rings. The molecule has 28 heavy (non-hydrogen) atoms. The van der Waals surface area contributed by atoms with Crippen molar-refractivity contribution >= 4 is 5.71 Å². The van der Waals surface area contributed by atoms with E-state index in [4.69, 9.17) is 19.0 Å². The van der Waals surface area contributed by atoms with Crippen LogP contribution in [-0.4, -0.2) is 40.1 Å². The largest absolute Gasteiger partial charge is 0.493 e. The number of hydrogen-bond acceptors (Lipinski definition) is 6. The number of nitrogens with one attached hydrogen (secondary N) is 1. The van der Waals surface area contributed by atoms with Gasteiger partial charge >= 0.3 is 0 Å². The van der Waals surface area contributed by atoms with Crippen molar-refractivity contribution in [2.45, 2.75) is 18.4 Å². The van der Waals surface area contributed by atoms with Gasteiger partial charge in [-0.1, -0.05) is 35.5 Å². The Morgan fingerprint density at radius 2 is 1.89 bits per heavy atom. The van der Waals surface area contributed by atoms with E-state index in [9.17, 15) is 0 Å². The van der Waals surface area contributed by atoms with Gasteiger partial charge in [-0.2, -0.15) is 0 Å². The molecule has 4 rings (SSSR count). The Morgan fingerprint density at radius 1 is 1.14 bits per heavy atom. The highest BCUT2D eigenvalue weighted by atomic mass is 16.6. The van der Waals surface area contributed by atoms with Crippen LogP contribution in [0.5, 0.6) is 17.2 Å². The standard InChI is InChI=1S/C22H26N2O4/c1-23-10-7-11-27-24-21-16-12-19(25-2)20(26-3)13-18(16)28-22(14-17(21)22)15-8-5-4-6-9-15/h4-6,8-9,12-13,17,23H,7,10-11,14H2,1-3H3. The van der Waals surface area contributed by atoms with Gasteiger partial charge in [0.15, 0.2) is 11.5 Å². The molecule has 6 heteroatoms. The van der Waals surface area contributed by atoms with Crippen molar-refractivity contribution in [3.63, 3.8) is 0 Å². The van der Waals surface area contributed by atoms with Crippen LogP contribution >= 0.6 is 0 Å². The van der Waals surface area contributed by atoms with E-state index in [-0.39, 0.29) is 11.5 Å². The third-order valence-corrected chi connectivity index (χ3v) is 5.38. The van der Waals surface area contributed by atoms with E-state index in [2.05, 4.69) is 22.6 Å². The summed E-state index contributed by atoms with van der Waals surface area (Å²) in [5, 5.41) is 7.65. The monoisotopic (exact) mass is 382 g/mol. The maximum Gasteiger partial charge on any atom is 0.164 e. The smallest absolute Gasteiger partial charge is 0.164 e. The number of oxime groups is 1. The lowest BCUT2D eigenvalue weighted by atomic mass is 9.95. The van der Waals surface area contributed by atoms with Crippen LogP contribution in [0.25, 0.3) is 0 Å². The lowest BCUT2D eigenvalue weighted by Gasteiger charge is -2.28. The van der Waals surface area contributed by atoms with Gasteiger partial charge < -0.3 is 24.4 Å². The van der Waals surface area contributed by atoms with Crippen molar-refractivity contribution in [2.24, 2.45) is 11.1 Å². The van der Waals surface area contributed by atoms with Crippen molar-refractivity contribution in [2.75, 3.05) is 34.4 Å². The van der Waals surface area contributed by atoms with Crippen LogP contribution in [-0.2, 0) is 10.4 Å². The summed E-state index contributed by atoms with van der Waals surface area (Å²) in [6, 6.07) is 14.1. The molecule has 2 aromatic carbocycles. The van der Waals surface area contributed by atoms with Crippen molar-refractivity contribution in [3.8, 4) is 17.2 Å². The number of ether oxygens (including phenoxy) is 3. The van der Waals surface area contributed by atoms with Gasteiger partial charge in [-0.05, 0) is 31.6 Å². The molecule has 2 aliphatic rings. The van der Waals surface area contributed by atoms with Crippen molar-refractivity contribution in [1.29, 1.82) is 0 Å². The minimum Gasteiger partial charge on any atom is -0.493 e. The molecule has 1 N–H and O–H groups in total. The maximum absolute atomic E-state index is 6.51. The van der Waals surface area contributed by atoms with Crippen LogP contribution < -0.4 is 19.5 Å². The minimum atomic E-state index is -0.388. The fraction of sp³-hybridized carbons (Fsp3) is 0.409. The fourth-order valence-electron chi connectivity index (χ4n) is 3.84. The molecule has 2 unspecified atom stereocenters. The van der Waals surface area contributed by atoms with Crippen LogP contribution in [0.3, 0.4) is 0 Å². The predicted molar refractivity (Wildman–Crippen MR) is 107 cm³/mol. The summed E-state index contributed by atoms with van der Waals surface area (Å²) >= 11 is 0. The average Bonchev–Trinajstić information content (AvgIpc) is 3.48. The lowest BCUT2D eigenvalue weighted by Crippen LogP contribution is -2.28. The Bertz CT molecular complexity index is 868. The van der Waals surface area contributed by atoms with Gasteiger partial charge in [0, 0.05) is 18.1 Å². The molecule has 0 bridgehead atoms. The van der Waals surface area contributed by atoms with E-state index in [0.29, 0.717) is 18.1 Å². The van der Waals surface area contributed by atoms with Crippen LogP contribution in [0.1, 0.15) is 24.0 Å². The van der Waals surface area contributed by atoms with Gasteiger partial charge in [0.05, 0.1) is 25.8 Å². The second-order valence-corrected chi connectivity index (χ2v) is 7.08. The first kappa shape index (κ1) is 18.6. The van der Waals surface area contributed by atoms with E-state index in [1.54, 1.807) is 14.2 Å². The van der Waals surface area contributed by atoms with Crippen molar-refractivity contribution in [1.82, 2.24) is 5.32 Å². The summed E-state index contributed by atoms with van der Waals surface area (Å²) in [6.45, 7) is 1.46. The molecule has 2 aromatic rings. The van der Waals surface area contributed by atoms with E-state index < -0.39 is 0 Å². The molecule has 0 aromatic heterocycles. The third-order valence-electron chi connectivity index (χ3n) is 5.38. The molecule has 148 valence electrons. The third kappa shape index (κ3) is 3.18. The molecule has 6 nitrogen and oxygen atoms in total. The quantitative estimate of drug-likeness (QED) is 0.560. The van der Waals surface area contributed by atoms with E-state index >= 15 is 0 Å². The van der Waals surface area contributed by atoms with Crippen LogP contribution in [0.15, 0.2) is 47.6 Å². The predicted octanol–water partition coefficient (Wildman–Crippen LogP) is 3.34. The Hall–Kier alpha value is -2.73. The zero-order chi connectivity index (χ0) is 19.6. The Labute approximate surface area is 165 Å². The molecule has 0 amide bonds. The van der Waals surface area contributed by atoms with E-state index in [1.807, 2.05) is 37.4 Å². The summed E-state index contributed by atoms with van der Waals surface area (Å²) < 4.78 is 17.5. The van der Waals surface area contributed by atoms with Gasteiger partial charge in [0.1, 0.15) is 18.0 Å². The highest BCUT2D eigenvalue weighted by Gasteiger charge is 2.64. The molecular weight excluding hydrogens is 356 g/mol. The normalized spacial score (nSPS) is 23.4. The topological polar surface area (TPSA) is 61.3 Å². The maximum atomic E-state index is 6.51. The first-order chi connectivity index (χ1) is 13.7. The molecule has 1 aliphatic carbocycles. The first-order valence-electron chi connectivity index (χ1n) is 9.59. The number of fused-ring (bicyclic) bond motifs is 2. The van der Waals surface area contributed by atoms with Crippen LogP contribution in [0.4, 0.5) is 0 Å². The average molecular weight is 382 g/mol. The zero-order valence-corrected chi connectivity index (χ0v) is 16.5. The number of benzene rings is 2. The summed E-state index contributed by atoms with van der Waals surface area (Å²) in [7, 11) is 5.18. The second-order valence-electron chi connectivity index (χ2n) is 7.08. The second kappa shape index (κ2) is 7.72. The summed E-state index contributed by atoms with van der Waals surface area (Å²) in [5.41, 5.74) is 2.58. The number of methoxy groups -OCH3 is 2. The Morgan fingerprint density at radius 3 is 2.61 bits per heavy atom. The minimum absolute atomic E-state index is 0.157. The van der Waals surface area contributed by atoms with Gasteiger partial charge in [0.25, 0.3) is 0 Å². The highest BCUT2D eigenvalue weighted by molar-refractivity contribution is 6.08. The van der Waals surface area contributed by atoms with Gasteiger partial charge in [-0.15, -0.1) is 0 Å². The molecule has 0 saturated heterocycles. The SMILES string of the molecule is CNCCCON=C1c2cc(OC)c(OC)cc2OC2(c3ccccc3)CC12. The van der Waals surface area contributed by atoms with Gasteiger partial charge in [0.2, 0.25) is 0 Å². The zero-order valence-electron chi connectivity index (χ0n) is 16.5. The summed E-state index contributed by atoms with van der Waals surface area (Å²) in [6.07, 6.45) is 1.77. The fourth-order valence-corrected chi connectivity index (χ4v) is 3.84. The van der Waals surface area contributed by atoms with Crippen LogP contribution in [0, 0.1) is 5.92 Å². The first-order valence-corrected chi connectivity index (χ1v) is 9.59. The lowest BCUT2D eigenvalue weighted by molar-refractivity contribution is 0.134. The highest BCUT2D eigenvalue weighted by Crippen LogP contribution is 2.61. The van der Waals surface area contributed by atoms with Crippen LogP contribution in [0.2, 0.25) is 0 Å². The Kier molecular flexibility index (Phi) is 5.13. The van der Waals surface area contributed by atoms with Gasteiger partial charge in [-0.3, -0.25) is 0 Å². The molecule has 1 heterocycles. The van der Waals surface area contributed by atoms with Crippen molar-refractivity contribution < 1.29 is 19.0 Å². The molecule has 0 spiro atoms. The van der Waals surface area contributed by atoms with E-state index in [0.717, 1.165) is 42.0 Å². The number of rotatable bonds is 8. The molecule has 2 atom stereocenters. The number of hydrogen-bond donors (Lipinski definition) is 1. The van der Waals surface area contributed by atoms with Crippen molar-refractivity contribution in [3.05, 3.63) is 53.6 Å². The molecule has 0 radical (unpaired) electrons. The summed E-state index contributed by atoms with van der Waals surface area (Å²) in [4.78, 5) is 5.66. The Balaban J connectivity index is 1.71. The summed E-state index contributed by atoms with van der Waals surface area (Å²) in [5.74, 6) is 2.19. The van der Waals surface area contributed by atoms with E-state index in [1.165, 1.54) is 0 Å².